The Bertz CT molecular complexity index is 458. The predicted molar refractivity (Wildman–Crippen MR) is 65.6 cm³/mol. The van der Waals surface area contributed by atoms with Gasteiger partial charge in [-0.1, -0.05) is 30.7 Å². The maximum absolute atomic E-state index is 12.6. The van der Waals surface area contributed by atoms with Crippen molar-refractivity contribution in [3.05, 3.63) is 35.4 Å². The molecule has 1 unspecified atom stereocenters. The summed E-state index contributed by atoms with van der Waals surface area (Å²) in [7, 11) is 0. The number of benzene rings is 1. The first-order valence-corrected chi connectivity index (χ1v) is 6.59. The number of hydrogen-bond donors (Lipinski definition) is 1. The van der Waals surface area contributed by atoms with Crippen molar-refractivity contribution < 1.29 is 26.3 Å². The van der Waals surface area contributed by atoms with Crippen molar-refractivity contribution in [1.82, 2.24) is 0 Å². The Balaban J connectivity index is 2.22. The van der Waals surface area contributed by atoms with E-state index in [1.165, 1.54) is 12.1 Å². The van der Waals surface area contributed by atoms with Crippen molar-refractivity contribution in [2.45, 2.75) is 43.6 Å². The smallest absolute Gasteiger partial charge is 0.323 e. The van der Waals surface area contributed by atoms with Crippen LogP contribution in [-0.2, 0) is 0 Å². The van der Waals surface area contributed by atoms with Crippen LogP contribution in [0, 0.1) is 5.92 Å². The van der Waals surface area contributed by atoms with E-state index in [0.717, 1.165) is 24.8 Å². The molecule has 0 aliphatic heterocycles. The number of rotatable bonds is 3. The second-order valence-electron chi connectivity index (χ2n) is 5.38. The molecule has 1 aliphatic rings. The number of halogens is 6. The molecule has 2 rings (SSSR count). The lowest BCUT2D eigenvalue weighted by atomic mass is 9.79. The Labute approximate surface area is 118 Å². The minimum Gasteiger partial charge on any atom is -0.323 e. The highest BCUT2D eigenvalue weighted by Crippen LogP contribution is 2.45. The van der Waals surface area contributed by atoms with Gasteiger partial charge >= 0.3 is 12.4 Å². The Morgan fingerprint density at radius 1 is 0.905 bits per heavy atom. The minimum atomic E-state index is -5.43. The highest BCUT2D eigenvalue weighted by atomic mass is 19.4. The largest absolute Gasteiger partial charge is 0.402 e. The van der Waals surface area contributed by atoms with Crippen molar-refractivity contribution in [2.24, 2.45) is 11.7 Å². The number of alkyl halides is 6. The average molecular weight is 311 g/mol. The van der Waals surface area contributed by atoms with Crippen molar-refractivity contribution in [2.75, 3.05) is 0 Å². The zero-order valence-corrected chi connectivity index (χ0v) is 11.0. The lowest BCUT2D eigenvalue weighted by Crippen LogP contribution is -2.43. The molecule has 0 bridgehead atoms. The quantitative estimate of drug-likeness (QED) is 0.805. The first-order valence-electron chi connectivity index (χ1n) is 6.59. The third-order valence-corrected chi connectivity index (χ3v) is 3.96. The molecule has 0 spiro atoms. The van der Waals surface area contributed by atoms with Gasteiger partial charge in [-0.15, -0.1) is 0 Å². The van der Waals surface area contributed by atoms with E-state index >= 15 is 0 Å². The molecule has 1 nitrogen and oxygen atoms in total. The summed E-state index contributed by atoms with van der Waals surface area (Å²) in [6, 6.07) is 3.53. The van der Waals surface area contributed by atoms with Gasteiger partial charge in [0.2, 0.25) is 0 Å². The van der Waals surface area contributed by atoms with E-state index in [-0.39, 0.29) is 5.56 Å². The molecular formula is C14H15F6N. The van der Waals surface area contributed by atoms with Crippen LogP contribution in [-0.4, -0.2) is 12.4 Å². The monoisotopic (exact) mass is 311 g/mol. The number of nitrogens with two attached hydrogens (primary N) is 1. The lowest BCUT2D eigenvalue weighted by molar-refractivity contribution is -0.290. The van der Waals surface area contributed by atoms with Gasteiger partial charge in [0.15, 0.2) is 5.92 Å². The molecule has 0 amide bonds. The molecule has 1 aliphatic carbocycles. The number of hydrogen-bond acceptors (Lipinski definition) is 1. The van der Waals surface area contributed by atoms with Gasteiger partial charge in [-0.05, 0) is 29.9 Å². The summed E-state index contributed by atoms with van der Waals surface area (Å²) in [6.45, 7) is 0. The SMILES string of the molecule is NC(c1ccc(C2CCC2)cc1)C(C(F)(F)F)C(F)(F)F. The van der Waals surface area contributed by atoms with Gasteiger partial charge < -0.3 is 5.73 Å². The fourth-order valence-corrected chi connectivity index (χ4v) is 2.52. The molecule has 118 valence electrons. The molecule has 1 aromatic carbocycles. The zero-order chi connectivity index (χ0) is 15.8. The van der Waals surface area contributed by atoms with Crippen LogP contribution in [0.1, 0.15) is 42.3 Å². The van der Waals surface area contributed by atoms with Crippen molar-refractivity contribution in [3.8, 4) is 0 Å². The van der Waals surface area contributed by atoms with Crippen molar-refractivity contribution >= 4 is 0 Å². The van der Waals surface area contributed by atoms with Gasteiger partial charge in [0.05, 0.1) is 6.04 Å². The Hall–Kier alpha value is -1.24. The van der Waals surface area contributed by atoms with Gasteiger partial charge in [0.25, 0.3) is 0 Å². The third-order valence-electron chi connectivity index (χ3n) is 3.96. The van der Waals surface area contributed by atoms with Crippen LogP contribution in [0.25, 0.3) is 0 Å². The molecule has 0 heterocycles. The molecule has 1 saturated carbocycles. The fraction of sp³-hybridized carbons (Fsp3) is 0.571. The molecular weight excluding hydrogens is 296 g/mol. The Morgan fingerprint density at radius 2 is 1.38 bits per heavy atom. The summed E-state index contributed by atoms with van der Waals surface area (Å²) in [5, 5.41) is 0. The summed E-state index contributed by atoms with van der Waals surface area (Å²) in [5.41, 5.74) is 6.03. The van der Waals surface area contributed by atoms with E-state index < -0.39 is 24.3 Å². The van der Waals surface area contributed by atoms with E-state index in [9.17, 15) is 26.3 Å². The molecule has 7 heteroatoms. The zero-order valence-electron chi connectivity index (χ0n) is 11.0. The molecule has 0 aromatic heterocycles. The van der Waals surface area contributed by atoms with Gasteiger partial charge in [0, 0.05) is 0 Å². The molecule has 1 fully saturated rings. The molecule has 1 atom stereocenters. The summed E-state index contributed by atoms with van der Waals surface area (Å²) < 4.78 is 75.7. The standard InChI is InChI=1S/C14H15F6N/c15-13(16,17)12(14(18,19)20)11(21)10-6-4-9(5-7-10)8-2-1-3-8/h4-8,11-12H,1-3,21H2. The summed E-state index contributed by atoms with van der Waals surface area (Å²) >= 11 is 0. The Kier molecular flexibility index (Phi) is 4.24. The van der Waals surface area contributed by atoms with Crippen LogP contribution in [0.4, 0.5) is 26.3 Å². The third kappa shape index (κ3) is 3.51. The van der Waals surface area contributed by atoms with E-state index in [1.807, 2.05) is 0 Å². The van der Waals surface area contributed by atoms with Crippen molar-refractivity contribution in [1.29, 1.82) is 0 Å². The summed E-state index contributed by atoms with van der Waals surface area (Å²) in [4.78, 5) is 0. The van der Waals surface area contributed by atoms with E-state index in [0.29, 0.717) is 5.92 Å². The predicted octanol–water partition coefficient (Wildman–Crippen LogP) is 4.69. The van der Waals surface area contributed by atoms with Crippen LogP contribution >= 0.6 is 0 Å². The first-order chi connectivity index (χ1) is 9.60. The van der Waals surface area contributed by atoms with Crippen LogP contribution in [0.3, 0.4) is 0 Å². The van der Waals surface area contributed by atoms with Gasteiger partial charge in [-0.25, -0.2) is 0 Å². The van der Waals surface area contributed by atoms with Gasteiger partial charge in [-0.2, -0.15) is 26.3 Å². The highest BCUT2D eigenvalue weighted by molar-refractivity contribution is 5.29. The maximum Gasteiger partial charge on any atom is 0.402 e. The average Bonchev–Trinajstić information content (AvgIpc) is 2.23. The van der Waals surface area contributed by atoms with Crippen molar-refractivity contribution in [3.63, 3.8) is 0 Å². The molecule has 1 aromatic rings. The second-order valence-corrected chi connectivity index (χ2v) is 5.38. The molecule has 2 N–H and O–H groups in total. The van der Waals surface area contributed by atoms with E-state index in [2.05, 4.69) is 0 Å². The van der Waals surface area contributed by atoms with Crippen LogP contribution in [0.2, 0.25) is 0 Å². The van der Waals surface area contributed by atoms with Gasteiger partial charge in [-0.3, -0.25) is 0 Å². The minimum absolute atomic E-state index is 0.155. The topological polar surface area (TPSA) is 26.0 Å². The van der Waals surface area contributed by atoms with Crippen LogP contribution < -0.4 is 5.73 Å². The normalized spacial score (nSPS) is 18.7. The second kappa shape index (κ2) is 5.51. The summed E-state index contributed by atoms with van der Waals surface area (Å²) in [6.07, 6.45) is -7.76. The first kappa shape index (κ1) is 16.1. The van der Waals surface area contributed by atoms with Gasteiger partial charge in [0.1, 0.15) is 0 Å². The van der Waals surface area contributed by atoms with E-state index in [4.69, 9.17) is 5.73 Å². The fourth-order valence-electron chi connectivity index (χ4n) is 2.52. The van der Waals surface area contributed by atoms with E-state index in [1.54, 1.807) is 12.1 Å². The van der Waals surface area contributed by atoms with Crippen LogP contribution in [0.5, 0.6) is 0 Å². The molecule has 0 radical (unpaired) electrons. The maximum atomic E-state index is 12.6. The van der Waals surface area contributed by atoms with Crippen LogP contribution in [0.15, 0.2) is 24.3 Å². The molecule has 0 saturated heterocycles. The highest BCUT2D eigenvalue weighted by Gasteiger charge is 2.59. The lowest BCUT2D eigenvalue weighted by Gasteiger charge is -2.29. The summed E-state index contributed by atoms with van der Waals surface area (Å²) in [5.74, 6) is -3.20. The Morgan fingerprint density at radius 3 is 1.71 bits per heavy atom. The molecule has 21 heavy (non-hydrogen) atoms.